The van der Waals surface area contributed by atoms with Gasteiger partial charge in [0.2, 0.25) is 5.75 Å². The van der Waals surface area contributed by atoms with Crippen molar-refractivity contribution in [1.82, 2.24) is 0 Å². The van der Waals surface area contributed by atoms with Crippen LogP contribution in [0.5, 0.6) is 5.75 Å². The van der Waals surface area contributed by atoms with E-state index in [1.54, 1.807) is 0 Å². The van der Waals surface area contributed by atoms with Crippen LogP contribution in [0.15, 0.2) is 18.2 Å². The number of aromatic carboxylic acids is 1. The number of halogens is 3. The Bertz CT molecular complexity index is 471. The van der Waals surface area contributed by atoms with Gasteiger partial charge in [0.25, 0.3) is 0 Å². The van der Waals surface area contributed by atoms with Crippen LogP contribution in [0.2, 0.25) is 0 Å². The first-order chi connectivity index (χ1) is 7.70. The highest BCUT2D eigenvalue weighted by molar-refractivity contribution is 5.88. The molecule has 0 aromatic heterocycles. The minimum Gasteiger partial charge on any atom is -0.478 e. The molecule has 1 rings (SSSR count). The van der Waals surface area contributed by atoms with Crippen molar-refractivity contribution in [3.05, 3.63) is 33.9 Å². The lowest BCUT2D eigenvalue weighted by atomic mass is 10.2. The van der Waals surface area contributed by atoms with Crippen LogP contribution in [0.1, 0.15) is 10.4 Å². The van der Waals surface area contributed by atoms with Gasteiger partial charge >= 0.3 is 18.0 Å². The van der Waals surface area contributed by atoms with E-state index in [9.17, 15) is 28.1 Å². The summed E-state index contributed by atoms with van der Waals surface area (Å²) in [5.41, 5.74) is -1.51. The van der Waals surface area contributed by atoms with Crippen molar-refractivity contribution >= 4 is 11.7 Å². The van der Waals surface area contributed by atoms with E-state index in [1.165, 1.54) is 0 Å². The molecule has 92 valence electrons. The highest BCUT2D eigenvalue weighted by atomic mass is 19.4. The van der Waals surface area contributed by atoms with Gasteiger partial charge in [-0.05, 0) is 6.07 Å². The minimum atomic E-state index is -5.14. The van der Waals surface area contributed by atoms with Crippen molar-refractivity contribution in [2.75, 3.05) is 0 Å². The van der Waals surface area contributed by atoms with Crippen LogP contribution in [-0.2, 0) is 0 Å². The van der Waals surface area contributed by atoms with E-state index >= 15 is 0 Å². The van der Waals surface area contributed by atoms with Crippen molar-refractivity contribution in [3.63, 3.8) is 0 Å². The lowest BCUT2D eigenvalue weighted by molar-refractivity contribution is -0.388. The van der Waals surface area contributed by atoms with E-state index < -0.39 is 34.3 Å². The van der Waals surface area contributed by atoms with Crippen LogP contribution in [0.4, 0.5) is 18.9 Å². The third kappa shape index (κ3) is 3.33. The van der Waals surface area contributed by atoms with E-state index in [1.807, 2.05) is 0 Å². The monoisotopic (exact) mass is 251 g/mol. The fourth-order valence-corrected chi connectivity index (χ4v) is 1.00. The smallest absolute Gasteiger partial charge is 0.478 e. The summed E-state index contributed by atoms with van der Waals surface area (Å²) in [4.78, 5) is 19.8. The van der Waals surface area contributed by atoms with Crippen LogP contribution in [0.25, 0.3) is 0 Å². The number of rotatable bonds is 3. The van der Waals surface area contributed by atoms with Crippen LogP contribution in [0, 0.1) is 10.1 Å². The standard InChI is InChI=1S/C8H4F3NO5/c9-8(10,11)17-6-3-4(7(13)14)1-2-5(6)12(15)16/h1-3H,(H,13,14). The molecule has 0 amide bonds. The second-order valence-electron chi connectivity index (χ2n) is 2.79. The van der Waals surface area contributed by atoms with Crippen molar-refractivity contribution < 1.29 is 32.7 Å². The number of carbonyl (C=O) groups is 1. The predicted molar refractivity (Wildman–Crippen MR) is 46.7 cm³/mol. The Hall–Kier alpha value is -2.32. The molecule has 9 heteroatoms. The van der Waals surface area contributed by atoms with Gasteiger partial charge in [-0.2, -0.15) is 0 Å². The zero-order valence-corrected chi connectivity index (χ0v) is 7.89. The fraction of sp³-hybridized carbons (Fsp3) is 0.125. The van der Waals surface area contributed by atoms with Crippen molar-refractivity contribution in [3.8, 4) is 5.75 Å². The molecule has 0 fully saturated rings. The van der Waals surface area contributed by atoms with E-state index in [4.69, 9.17) is 5.11 Å². The van der Waals surface area contributed by atoms with E-state index in [-0.39, 0.29) is 0 Å². The summed E-state index contributed by atoms with van der Waals surface area (Å²) in [6.45, 7) is 0. The number of alkyl halides is 3. The number of benzene rings is 1. The van der Waals surface area contributed by atoms with E-state index in [2.05, 4.69) is 4.74 Å². The maximum absolute atomic E-state index is 11.9. The normalized spacial score (nSPS) is 11.0. The first kappa shape index (κ1) is 12.7. The number of carboxylic acid groups (broad SMARTS) is 1. The van der Waals surface area contributed by atoms with Gasteiger partial charge in [-0.3, -0.25) is 10.1 Å². The molecule has 0 heterocycles. The summed E-state index contributed by atoms with van der Waals surface area (Å²) >= 11 is 0. The summed E-state index contributed by atoms with van der Waals surface area (Å²) in [7, 11) is 0. The number of nitro benzene ring substituents is 1. The van der Waals surface area contributed by atoms with Crippen LogP contribution < -0.4 is 4.74 Å². The van der Waals surface area contributed by atoms with Gasteiger partial charge in [-0.25, -0.2) is 4.79 Å². The Kier molecular flexibility index (Phi) is 3.21. The summed E-state index contributed by atoms with van der Waals surface area (Å²) in [5, 5.41) is 18.9. The first-order valence-corrected chi connectivity index (χ1v) is 3.98. The number of carboxylic acids is 1. The summed E-state index contributed by atoms with van der Waals surface area (Å²) in [5.74, 6) is -2.69. The highest BCUT2D eigenvalue weighted by Gasteiger charge is 2.34. The van der Waals surface area contributed by atoms with Crippen LogP contribution in [0.3, 0.4) is 0 Å². The molecule has 0 aliphatic rings. The van der Waals surface area contributed by atoms with Crippen LogP contribution >= 0.6 is 0 Å². The predicted octanol–water partition coefficient (Wildman–Crippen LogP) is 2.19. The average Bonchev–Trinajstić information content (AvgIpc) is 2.14. The summed E-state index contributed by atoms with van der Waals surface area (Å²) in [6.07, 6.45) is -5.14. The molecule has 0 aliphatic heterocycles. The molecular weight excluding hydrogens is 247 g/mol. The molecule has 0 spiro atoms. The minimum absolute atomic E-state index is 0.438. The molecule has 17 heavy (non-hydrogen) atoms. The van der Waals surface area contributed by atoms with Crippen LogP contribution in [-0.4, -0.2) is 22.4 Å². The Morgan fingerprint density at radius 3 is 2.41 bits per heavy atom. The Labute approximate surface area is 91.4 Å². The molecule has 0 saturated heterocycles. The fourth-order valence-electron chi connectivity index (χ4n) is 1.00. The topological polar surface area (TPSA) is 89.7 Å². The quantitative estimate of drug-likeness (QED) is 0.656. The molecule has 0 bridgehead atoms. The van der Waals surface area contributed by atoms with E-state index in [0.29, 0.717) is 12.1 Å². The maximum atomic E-state index is 11.9. The first-order valence-electron chi connectivity index (χ1n) is 3.98. The van der Waals surface area contributed by atoms with Gasteiger partial charge in [0.05, 0.1) is 10.5 Å². The maximum Gasteiger partial charge on any atom is 0.573 e. The van der Waals surface area contributed by atoms with E-state index in [0.717, 1.165) is 6.07 Å². The molecule has 0 radical (unpaired) electrons. The number of hydrogen-bond donors (Lipinski definition) is 1. The van der Waals surface area contributed by atoms with Crippen molar-refractivity contribution in [1.29, 1.82) is 0 Å². The Morgan fingerprint density at radius 1 is 1.41 bits per heavy atom. The lowest BCUT2D eigenvalue weighted by Gasteiger charge is -2.09. The number of nitro groups is 1. The third-order valence-corrected chi connectivity index (χ3v) is 1.63. The summed E-state index contributed by atoms with van der Waals surface area (Å²) < 4.78 is 39.2. The molecule has 0 saturated carbocycles. The number of ether oxygens (including phenoxy) is 1. The molecule has 0 aliphatic carbocycles. The second-order valence-corrected chi connectivity index (χ2v) is 2.79. The third-order valence-electron chi connectivity index (χ3n) is 1.63. The molecule has 0 atom stereocenters. The molecule has 1 N–H and O–H groups in total. The highest BCUT2D eigenvalue weighted by Crippen LogP contribution is 2.32. The lowest BCUT2D eigenvalue weighted by Crippen LogP contribution is -2.18. The molecule has 6 nitrogen and oxygen atoms in total. The molecule has 1 aromatic carbocycles. The van der Waals surface area contributed by atoms with Gasteiger partial charge < -0.3 is 9.84 Å². The van der Waals surface area contributed by atoms with Gasteiger partial charge in [0.15, 0.2) is 0 Å². The average molecular weight is 251 g/mol. The summed E-state index contributed by atoms with van der Waals surface area (Å²) in [6, 6.07) is 1.88. The van der Waals surface area contributed by atoms with Crippen molar-refractivity contribution in [2.45, 2.75) is 6.36 Å². The number of hydrogen-bond acceptors (Lipinski definition) is 4. The zero-order valence-electron chi connectivity index (χ0n) is 7.89. The molecule has 1 aromatic rings. The SMILES string of the molecule is O=C(O)c1ccc([N+](=O)[O-])c(OC(F)(F)F)c1. The van der Waals surface area contributed by atoms with Gasteiger partial charge in [-0.1, -0.05) is 0 Å². The molecule has 0 unspecified atom stereocenters. The van der Waals surface area contributed by atoms with Gasteiger partial charge in [0.1, 0.15) is 0 Å². The zero-order chi connectivity index (χ0) is 13.2. The number of nitrogens with zero attached hydrogens (tertiary/aromatic N) is 1. The Morgan fingerprint density at radius 2 is 2.00 bits per heavy atom. The van der Waals surface area contributed by atoms with Gasteiger partial charge in [-0.15, -0.1) is 13.2 Å². The second kappa shape index (κ2) is 4.28. The molecular formula is C8H4F3NO5. The largest absolute Gasteiger partial charge is 0.573 e. The Balaban J connectivity index is 3.25. The van der Waals surface area contributed by atoms with Gasteiger partial charge in [0, 0.05) is 12.1 Å². The van der Waals surface area contributed by atoms with Crippen molar-refractivity contribution in [2.24, 2.45) is 0 Å².